The number of thioether (sulfide) groups is 1. The molecule has 2 aromatic rings. The largest absolute Gasteiger partial charge is 0.350 e. The minimum atomic E-state index is 0.0506. The molecule has 4 bridgehead atoms. The van der Waals surface area contributed by atoms with Crippen LogP contribution in [0.25, 0.3) is 5.65 Å². The summed E-state index contributed by atoms with van der Waals surface area (Å²) in [5, 5.41) is 3.34. The fourth-order valence-electron chi connectivity index (χ4n) is 7.18. The van der Waals surface area contributed by atoms with E-state index in [1.165, 1.54) is 50.0 Å². The number of rotatable bonds is 5. The lowest BCUT2D eigenvalue weighted by molar-refractivity contribution is -0.0503. The van der Waals surface area contributed by atoms with Crippen molar-refractivity contribution >= 4 is 23.3 Å². The summed E-state index contributed by atoms with van der Waals surface area (Å²) in [6.45, 7) is 3.96. The molecule has 160 valence electrons. The number of carbonyl (C=O) groups is 1. The third kappa shape index (κ3) is 3.56. The van der Waals surface area contributed by atoms with Gasteiger partial charge in [-0.15, -0.1) is 0 Å². The molecule has 1 amide bonds. The molecule has 1 aliphatic heterocycles. The van der Waals surface area contributed by atoms with E-state index in [1.807, 2.05) is 34.4 Å². The summed E-state index contributed by atoms with van der Waals surface area (Å²) in [7, 11) is 0. The Balaban J connectivity index is 1.17. The molecule has 1 saturated heterocycles. The van der Waals surface area contributed by atoms with Gasteiger partial charge in [-0.3, -0.25) is 14.1 Å². The molecule has 3 heterocycles. The van der Waals surface area contributed by atoms with E-state index in [0.29, 0.717) is 11.1 Å². The van der Waals surface area contributed by atoms with Gasteiger partial charge < -0.3 is 5.32 Å². The van der Waals surface area contributed by atoms with E-state index in [1.54, 1.807) is 0 Å². The maximum atomic E-state index is 13.2. The van der Waals surface area contributed by atoms with Gasteiger partial charge >= 0.3 is 0 Å². The summed E-state index contributed by atoms with van der Waals surface area (Å²) in [5.74, 6) is 5.20. The van der Waals surface area contributed by atoms with E-state index in [0.717, 1.165) is 55.3 Å². The average Bonchev–Trinajstić information content (AvgIpc) is 3.14. The standard InChI is InChI=1S/C24H32N4OS/c29-23(25-16-24-11-17-8-18(12-24)10-19(9-17)13-24)21-2-1-3-22-26-20(15-28(21)22)14-27-4-6-30-7-5-27/h1-3,15,17-19H,4-14,16H2,(H,25,29). The monoisotopic (exact) mass is 424 g/mol. The van der Waals surface area contributed by atoms with E-state index in [4.69, 9.17) is 4.98 Å². The molecule has 7 rings (SSSR count). The predicted octanol–water partition coefficient (Wildman–Crippen LogP) is 3.83. The highest BCUT2D eigenvalue weighted by atomic mass is 32.2. The van der Waals surface area contributed by atoms with Gasteiger partial charge in [0, 0.05) is 43.9 Å². The molecule has 0 unspecified atom stereocenters. The molecule has 4 aliphatic carbocycles. The number of carbonyl (C=O) groups excluding carboxylic acids is 1. The van der Waals surface area contributed by atoms with Crippen LogP contribution in [0.15, 0.2) is 24.4 Å². The van der Waals surface area contributed by atoms with Crippen LogP contribution in [0, 0.1) is 23.2 Å². The van der Waals surface area contributed by atoms with E-state index < -0.39 is 0 Å². The lowest BCUT2D eigenvalue weighted by Crippen LogP contribution is -2.51. The third-order valence-electron chi connectivity index (χ3n) is 8.05. The molecule has 2 aromatic heterocycles. The minimum absolute atomic E-state index is 0.0506. The van der Waals surface area contributed by atoms with E-state index in [2.05, 4.69) is 16.4 Å². The first-order chi connectivity index (χ1) is 14.7. The Morgan fingerprint density at radius 3 is 2.50 bits per heavy atom. The van der Waals surface area contributed by atoms with Crippen molar-refractivity contribution in [2.24, 2.45) is 23.2 Å². The van der Waals surface area contributed by atoms with Gasteiger partial charge in [-0.2, -0.15) is 11.8 Å². The first-order valence-corrected chi connectivity index (χ1v) is 12.9. The van der Waals surface area contributed by atoms with Crippen LogP contribution in [0.5, 0.6) is 0 Å². The number of amides is 1. The smallest absolute Gasteiger partial charge is 0.268 e. The first kappa shape index (κ1) is 19.2. The Morgan fingerprint density at radius 1 is 1.10 bits per heavy atom. The number of hydrogen-bond donors (Lipinski definition) is 1. The van der Waals surface area contributed by atoms with Crippen LogP contribution in [-0.4, -0.2) is 51.3 Å². The summed E-state index contributed by atoms with van der Waals surface area (Å²) >= 11 is 2.03. The van der Waals surface area contributed by atoms with Gasteiger partial charge in [0.2, 0.25) is 0 Å². The van der Waals surface area contributed by atoms with Gasteiger partial charge in [0.05, 0.1) is 5.69 Å². The molecule has 0 aromatic carbocycles. The topological polar surface area (TPSA) is 49.6 Å². The van der Waals surface area contributed by atoms with Crippen molar-refractivity contribution < 1.29 is 4.79 Å². The lowest BCUT2D eigenvalue weighted by atomic mass is 9.49. The maximum absolute atomic E-state index is 13.2. The molecule has 5 nitrogen and oxygen atoms in total. The summed E-state index contributed by atoms with van der Waals surface area (Å²) < 4.78 is 1.99. The second kappa shape index (κ2) is 7.56. The van der Waals surface area contributed by atoms with Gasteiger partial charge in [-0.25, -0.2) is 4.98 Å². The van der Waals surface area contributed by atoms with Crippen LogP contribution in [0.2, 0.25) is 0 Å². The zero-order chi connectivity index (χ0) is 20.1. The number of fused-ring (bicyclic) bond motifs is 1. The summed E-state index contributed by atoms with van der Waals surface area (Å²) in [6, 6.07) is 5.90. The van der Waals surface area contributed by atoms with Crippen molar-refractivity contribution in [1.29, 1.82) is 0 Å². The average molecular weight is 425 g/mol. The van der Waals surface area contributed by atoms with E-state index >= 15 is 0 Å². The molecule has 5 aliphatic rings. The summed E-state index contributed by atoms with van der Waals surface area (Å²) in [5.41, 5.74) is 3.01. The molecule has 1 N–H and O–H groups in total. The zero-order valence-corrected chi connectivity index (χ0v) is 18.5. The normalized spacial score (nSPS) is 33.3. The number of hydrogen-bond acceptors (Lipinski definition) is 4. The van der Waals surface area contributed by atoms with Crippen molar-refractivity contribution in [2.75, 3.05) is 31.1 Å². The highest BCUT2D eigenvalue weighted by molar-refractivity contribution is 7.99. The van der Waals surface area contributed by atoms with Crippen molar-refractivity contribution in [3.8, 4) is 0 Å². The molecular formula is C24H32N4OS. The molecule has 30 heavy (non-hydrogen) atoms. The Bertz CT molecular complexity index is 913. The lowest BCUT2D eigenvalue weighted by Gasteiger charge is -2.56. The van der Waals surface area contributed by atoms with Crippen LogP contribution in [0.1, 0.15) is 54.7 Å². The van der Waals surface area contributed by atoms with Crippen LogP contribution in [0.3, 0.4) is 0 Å². The summed E-state index contributed by atoms with van der Waals surface area (Å²) in [4.78, 5) is 20.4. The molecular weight excluding hydrogens is 392 g/mol. The van der Waals surface area contributed by atoms with Crippen molar-refractivity contribution in [2.45, 2.75) is 45.1 Å². The zero-order valence-electron chi connectivity index (χ0n) is 17.7. The van der Waals surface area contributed by atoms with Gasteiger partial charge in [0.15, 0.2) is 0 Å². The quantitative estimate of drug-likeness (QED) is 0.793. The SMILES string of the molecule is O=C(NCC12CC3CC(CC(C3)C1)C2)c1cccc2nc(CN3CCSCC3)cn12. The number of imidazole rings is 1. The van der Waals surface area contributed by atoms with Crippen molar-refractivity contribution in [3.63, 3.8) is 0 Å². The summed E-state index contributed by atoms with van der Waals surface area (Å²) in [6.07, 6.45) is 10.4. The maximum Gasteiger partial charge on any atom is 0.268 e. The first-order valence-electron chi connectivity index (χ1n) is 11.7. The highest BCUT2D eigenvalue weighted by Gasteiger charge is 2.50. The van der Waals surface area contributed by atoms with E-state index in [-0.39, 0.29) is 5.91 Å². The van der Waals surface area contributed by atoms with Crippen LogP contribution in [0.4, 0.5) is 0 Å². The Labute approximate surface area is 183 Å². The van der Waals surface area contributed by atoms with Gasteiger partial charge in [0.25, 0.3) is 5.91 Å². The number of nitrogens with zero attached hydrogens (tertiary/aromatic N) is 3. The Hall–Kier alpha value is -1.53. The van der Waals surface area contributed by atoms with Crippen LogP contribution >= 0.6 is 11.8 Å². The number of aromatic nitrogens is 2. The molecule has 5 fully saturated rings. The van der Waals surface area contributed by atoms with Crippen molar-refractivity contribution in [1.82, 2.24) is 19.6 Å². The highest BCUT2D eigenvalue weighted by Crippen LogP contribution is 2.59. The van der Waals surface area contributed by atoms with Gasteiger partial charge in [0.1, 0.15) is 11.3 Å². The molecule has 0 spiro atoms. The predicted molar refractivity (Wildman–Crippen MR) is 121 cm³/mol. The number of pyridine rings is 1. The second-order valence-electron chi connectivity index (χ2n) is 10.4. The fourth-order valence-corrected chi connectivity index (χ4v) is 8.15. The molecule has 0 radical (unpaired) electrons. The third-order valence-corrected chi connectivity index (χ3v) is 9.00. The second-order valence-corrected chi connectivity index (χ2v) is 11.6. The minimum Gasteiger partial charge on any atom is -0.350 e. The Morgan fingerprint density at radius 2 is 1.80 bits per heavy atom. The molecule has 4 saturated carbocycles. The fraction of sp³-hybridized carbons (Fsp3) is 0.667. The van der Waals surface area contributed by atoms with E-state index in [9.17, 15) is 4.79 Å². The van der Waals surface area contributed by atoms with Crippen LogP contribution in [-0.2, 0) is 6.54 Å². The molecule has 6 heteroatoms. The van der Waals surface area contributed by atoms with Gasteiger partial charge in [-0.1, -0.05) is 6.07 Å². The van der Waals surface area contributed by atoms with Gasteiger partial charge in [-0.05, 0) is 73.8 Å². The number of nitrogens with one attached hydrogen (secondary N) is 1. The van der Waals surface area contributed by atoms with Crippen molar-refractivity contribution in [3.05, 3.63) is 35.8 Å². The molecule has 0 atom stereocenters. The van der Waals surface area contributed by atoms with Crippen LogP contribution < -0.4 is 5.32 Å². The Kier molecular flexibility index (Phi) is 4.83.